The van der Waals surface area contributed by atoms with Crippen molar-refractivity contribution in [3.8, 4) is 17.3 Å². The summed E-state index contributed by atoms with van der Waals surface area (Å²) >= 11 is 0. The quantitative estimate of drug-likeness (QED) is 0.806. The lowest BCUT2D eigenvalue weighted by atomic mass is 10.0. The highest BCUT2D eigenvalue weighted by Crippen LogP contribution is 2.27. The summed E-state index contributed by atoms with van der Waals surface area (Å²) in [6.07, 6.45) is 4.56. The second-order valence-corrected chi connectivity index (χ2v) is 5.91. The molecule has 3 heterocycles. The van der Waals surface area contributed by atoms with E-state index in [1.807, 2.05) is 36.4 Å². The zero-order chi connectivity index (χ0) is 16.4. The Labute approximate surface area is 140 Å². The van der Waals surface area contributed by atoms with Gasteiger partial charge in [0.25, 0.3) is 0 Å². The van der Waals surface area contributed by atoms with Gasteiger partial charge in [0.2, 0.25) is 0 Å². The van der Waals surface area contributed by atoms with Gasteiger partial charge in [0, 0.05) is 48.7 Å². The van der Waals surface area contributed by atoms with E-state index in [1.54, 1.807) is 12.4 Å². The Morgan fingerprint density at radius 3 is 2.92 bits per heavy atom. The molecule has 2 aromatic heterocycles. The lowest BCUT2D eigenvalue weighted by Gasteiger charge is -2.15. The van der Waals surface area contributed by atoms with Crippen LogP contribution in [0.1, 0.15) is 22.4 Å². The number of pyridine rings is 1. The molecular formula is C19H17N5. The molecule has 0 bridgehead atoms. The number of aromatic nitrogens is 3. The number of nitrogens with one attached hydrogen (secondary N) is 1. The topological polar surface area (TPSA) is 66.5 Å². The first-order valence-electron chi connectivity index (χ1n) is 8.04. The molecule has 0 amide bonds. The van der Waals surface area contributed by atoms with E-state index in [-0.39, 0.29) is 0 Å². The highest BCUT2D eigenvalue weighted by atomic mass is 15.3. The average molecular weight is 315 g/mol. The molecule has 1 N–H and O–H groups in total. The molecule has 0 radical (unpaired) electrons. The zero-order valence-corrected chi connectivity index (χ0v) is 13.2. The maximum absolute atomic E-state index is 9.09. The summed E-state index contributed by atoms with van der Waals surface area (Å²) in [7, 11) is 0. The van der Waals surface area contributed by atoms with E-state index >= 15 is 0 Å². The fourth-order valence-corrected chi connectivity index (χ4v) is 3.20. The molecule has 0 unspecified atom stereocenters. The van der Waals surface area contributed by atoms with Crippen molar-refractivity contribution in [3.05, 3.63) is 71.2 Å². The molecule has 0 atom stereocenters. The third kappa shape index (κ3) is 2.68. The van der Waals surface area contributed by atoms with Gasteiger partial charge in [-0.2, -0.15) is 10.4 Å². The van der Waals surface area contributed by atoms with E-state index < -0.39 is 0 Å². The van der Waals surface area contributed by atoms with Crippen LogP contribution in [0, 0.1) is 11.3 Å². The van der Waals surface area contributed by atoms with Crippen molar-refractivity contribution in [2.75, 3.05) is 6.54 Å². The molecule has 4 rings (SSSR count). The van der Waals surface area contributed by atoms with Gasteiger partial charge in [0.1, 0.15) is 0 Å². The maximum Gasteiger partial charge on any atom is 0.0991 e. The van der Waals surface area contributed by atoms with Crippen molar-refractivity contribution < 1.29 is 0 Å². The standard InChI is InChI=1S/C19H17N5/c20-11-14-2-1-3-15(10-14)13-24-18-6-9-22-12-17(18)19(23-24)16-4-7-21-8-5-16/h1-5,7-8,10,22H,6,9,12-13H2. The summed E-state index contributed by atoms with van der Waals surface area (Å²) in [6, 6.07) is 13.9. The molecule has 0 saturated carbocycles. The van der Waals surface area contributed by atoms with Gasteiger partial charge < -0.3 is 5.32 Å². The van der Waals surface area contributed by atoms with Crippen LogP contribution in [-0.4, -0.2) is 21.3 Å². The maximum atomic E-state index is 9.09. The van der Waals surface area contributed by atoms with Crippen molar-refractivity contribution in [2.45, 2.75) is 19.5 Å². The molecule has 24 heavy (non-hydrogen) atoms. The van der Waals surface area contributed by atoms with E-state index in [2.05, 4.69) is 21.1 Å². The van der Waals surface area contributed by atoms with Crippen LogP contribution in [0.2, 0.25) is 0 Å². The Morgan fingerprint density at radius 2 is 2.08 bits per heavy atom. The Hall–Kier alpha value is -2.97. The first-order valence-corrected chi connectivity index (χ1v) is 8.04. The third-order valence-electron chi connectivity index (χ3n) is 4.35. The van der Waals surface area contributed by atoms with Crippen molar-refractivity contribution >= 4 is 0 Å². The number of benzene rings is 1. The van der Waals surface area contributed by atoms with Crippen molar-refractivity contribution in [3.63, 3.8) is 0 Å². The van der Waals surface area contributed by atoms with Gasteiger partial charge in [-0.3, -0.25) is 9.67 Å². The average Bonchev–Trinajstić information content (AvgIpc) is 3.01. The largest absolute Gasteiger partial charge is 0.312 e. The summed E-state index contributed by atoms with van der Waals surface area (Å²) < 4.78 is 2.09. The minimum absolute atomic E-state index is 0.683. The molecular weight excluding hydrogens is 298 g/mol. The van der Waals surface area contributed by atoms with Crippen molar-refractivity contribution in [2.24, 2.45) is 0 Å². The first-order chi connectivity index (χ1) is 11.8. The van der Waals surface area contributed by atoms with Crippen LogP contribution in [0.15, 0.2) is 48.8 Å². The fraction of sp³-hybridized carbons (Fsp3) is 0.211. The number of nitriles is 1. The molecule has 1 aliphatic rings. The van der Waals surface area contributed by atoms with Crippen LogP contribution in [0.4, 0.5) is 0 Å². The van der Waals surface area contributed by atoms with Crippen LogP contribution in [0.3, 0.4) is 0 Å². The molecule has 0 spiro atoms. The number of fused-ring (bicyclic) bond motifs is 1. The summed E-state index contributed by atoms with van der Waals surface area (Å²) in [6.45, 7) is 2.49. The Bertz CT molecular complexity index is 905. The number of nitrogens with zero attached hydrogens (tertiary/aromatic N) is 4. The van der Waals surface area contributed by atoms with Crippen molar-refractivity contribution in [1.82, 2.24) is 20.1 Å². The Balaban J connectivity index is 1.76. The van der Waals surface area contributed by atoms with Gasteiger partial charge in [-0.25, -0.2) is 0 Å². The van der Waals surface area contributed by atoms with Gasteiger partial charge in [-0.15, -0.1) is 0 Å². The molecule has 0 saturated heterocycles. The van der Waals surface area contributed by atoms with E-state index in [9.17, 15) is 0 Å². The highest BCUT2D eigenvalue weighted by Gasteiger charge is 2.21. The molecule has 118 valence electrons. The minimum Gasteiger partial charge on any atom is -0.312 e. The number of rotatable bonds is 3. The van der Waals surface area contributed by atoms with Crippen molar-refractivity contribution in [1.29, 1.82) is 5.26 Å². The van der Waals surface area contributed by atoms with Gasteiger partial charge in [0.05, 0.1) is 23.9 Å². The van der Waals surface area contributed by atoms with Gasteiger partial charge in [-0.05, 0) is 29.8 Å². The summed E-state index contributed by atoms with van der Waals surface area (Å²) in [5.41, 5.74) is 6.45. The van der Waals surface area contributed by atoms with E-state index in [1.165, 1.54) is 11.3 Å². The minimum atomic E-state index is 0.683. The van der Waals surface area contributed by atoms with Crippen LogP contribution in [-0.2, 0) is 19.5 Å². The molecule has 0 aliphatic carbocycles. The fourth-order valence-electron chi connectivity index (χ4n) is 3.20. The van der Waals surface area contributed by atoms with Crippen LogP contribution < -0.4 is 5.32 Å². The predicted molar refractivity (Wildman–Crippen MR) is 91.1 cm³/mol. The van der Waals surface area contributed by atoms with E-state index in [0.717, 1.165) is 36.3 Å². The van der Waals surface area contributed by atoms with Crippen LogP contribution in [0.5, 0.6) is 0 Å². The summed E-state index contributed by atoms with van der Waals surface area (Å²) in [5, 5.41) is 17.4. The molecule has 1 aliphatic heterocycles. The second-order valence-electron chi connectivity index (χ2n) is 5.91. The van der Waals surface area contributed by atoms with Gasteiger partial charge >= 0.3 is 0 Å². The lowest BCUT2D eigenvalue weighted by molar-refractivity contribution is 0.582. The molecule has 0 fully saturated rings. The molecule has 5 heteroatoms. The Kier molecular flexibility index (Phi) is 3.81. The van der Waals surface area contributed by atoms with E-state index in [0.29, 0.717) is 12.1 Å². The number of hydrogen-bond acceptors (Lipinski definition) is 4. The first kappa shape index (κ1) is 14.6. The summed E-state index contributed by atoms with van der Waals surface area (Å²) in [5.74, 6) is 0. The second kappa shape index (κ2) is 6.26. The van der Waals surface area contributed by atoms with E-state index in [4.69, 9.17) is 10.4 Å². The normalized spacial score (nSPS) is 13.3. The van der Waals surface area contributed by atoms with Crippen LogP contribution >= 0.6 is 0 Å². The zero-order valence-electron chi connectivity index (χ0n) is 13.2. The number of hydrogen-bond donors (Lipinski definition) is 1. The monoisotopic (exact) mass is 315 g/mol. The molecule has 3 aromatic rings. The highest BCUT2D eigenvalue weighted by molar-refractivity contribution is 5.64. The van der Waals surface area contributed by atoms with Crippen LogP contribution in [0.25, 0.3) is 11.3 Å². The molecule has 5 nitrogen and oxygen atoms in total. The van der Waals surface area contributed by atoms with Gasteiger partial charge in [-0.1, -0.05) is 12.1 Å². The third-order valence-corrected chi connectivity index (χ3v) is 4.35. The molecule has 1 aromatic carbocycles. The SMILES string of the molecule is N#Cc1cccc(Cn2nc(-c3ccncc3)c3c2CCNC3)c1. The lowest BCUT2D eigenvalue weighted by Crippen LogP contribution is -2.25. The van der Waals surface area contributed by atoms with Gasteiger partial charge in [0.15, 0.2) is 0 Å². The predicted octanol–water partition coefficient (Wildman–Crippen LogP) is 2.51. The summed E-state index contributed by atoms with van der Waals surface area (Å²) in [4.78, 5) is 4.10. The Morgan fingerprint density at radius 1 is 1.21 bits per heavy atom. The smallest absolute Gasteiger partial charge is 0.0991 e.